The Morgan fingerprint density at radius 3 is 2.08 bits per heavy atom. The lowest BCUT2D eigenvalue weighted by molar-refractivity contribution is 0.101. The van der Waals surface area contributed by atoms with Crippen molar-refractivity contribution in [1.29, 1.82) is 0 Å². The highest BCUT2D eigenvalue weighted by Gasteiger charge is 2.10. The number of ether oxygens (including phenoxy) is 1. The predicted molar refractivity (Wildman–Crippen MR) is 91.7 cm³/mol. The zero-order valence-corrected chi connectivity index (χ0v) is 13.1. The topological polar surface area (TPSA) is 71.2 Å². The Balaban J connectivity index is 1.65. The lowest BCUT2D eigenvalue weighted by Gasteiger charge is -2.07. The molecule has 1 aromatic heterocycles. The minimum Gasteiger partial charge on any atom is -0.457 e. The van der Waals surface area contributed by atoms with Gasteiger partial charge in [0.15, 0.2) is 5.78 Å². The minimum atomic E-state index is -0.306. The van der Waals surface area contributed by atoms with E-state index in [2.05, 4.69) is 10.3 Å². The average molecular weight is 320 g/mol. The van der Waals surface area contributed by atoms with E-state index in [-0.39, 0.29) is 11.7 Å². The molecular weight excluding hydrogens is 304 g/mol. The van der Waals surface area contributed by atoms with Crippen LogP contribution in [-0.2, 0) is 0 Å². The predicted octanol–water partition coefficient (Wildman–Crippen LogP) is 4.26. The lowest BCUT2D eigenvalue weighted by atomic mass is 10.3. The summed E-state index contributed by atoms with van der Waals surface area (Å²) in [5, 5.41) is 2.76. The molecule has 24 heavy (non-hydrogen) atoms. The van der Waals surface area contributed by atoms with Crippen LogP contribution in [0.5, 0.6) is 11.5 Å². The number of ketones is 1. The number of rotatable bonds is 5. The highest BCUT2D eigenvalue weighted by atomic mass is 16.5. The maximum atomic E-state index is 12.1. The van der Waals surface area contributed by atoms with Gasteiger partial charge in [-0.25, -0.2) is 0 Å². The average Bonchev–Trinajstić information content (AvgIpc) is 3.08. The van der Waals surface area contributed by atoms with Gasteiger partial charge in [-0.1, -0.05) is 18.2 Å². The molecule has 2 aromatic carbocycles. The van der Waals surface area contributed by atoms with E-state index in [0.29, 0.717) is 22.8 Å². The molecule has 5 heteroatoms. The molecule has 0 aliphatic rings. The molecule has 0 bridgehead atoms. The van der Waals surface area contributed by atoms with Crippen molar-refractivity contribution < 1.29 is 14.3 Å². The highest BCUT2D eigenvalue weighted by Crippen LogP contribution is 2.22. The van der Waals surface area contributed by atoms with Crippen molar-refractivity contribution in [2.24, 2.45) is 0 Å². The van der Waals surface area contributed by atoms with Crippen molar-refractivity contribution in [3.63, 3.8) is 0 Å². The zero-order valence-electron chi connectivity index (χ0n) is 13.1. The van der Waals surface area contributed by atoms with E-state index in [0.717, 1.165) is 5.75 Å². The molecular formula is C19H16N2O3. The van der Waals surface area contributed by atoms with Crippen LogP contribution in [0.3, 0.4) is 0 Å². The molecule has 3 aromatic rings. The maximum absolute atomic E-state index is 12.1. The molecule has 0 unspecified atom stereocenters. The van der Waals surface area contributed by atoms with E-state index in [1.54, 1.807) is 36.4 Å². The van der Waals surface area contributed by atoms with Crippen molar-refractivity contribution >= 4 is 17.4 Å². The fourth-order valence-corrected chi connectivity index (χ4v) is 2.16. The first kappa shape index (κ1) is 15.6. The monoisotopic (exact) mass is 320 g/mol. The van der Waals surface area contributed by atoms with Crippen molar-refractivity contribution in [2.45, 2.75) is 6.92 Å². The maximum Gasteiger partial charge on any atom is 0.272 e. The molecule has 3 rings (SSSR count). The summed E-state index contributed by atoms with van der Waals surface area (Å²) in [7, 11) is 0. The van der Waals surface area contributed by atoms with Crippen LogP contribution in [-0.4, -0.2) is 16.7 Å². The summed E-state index contributed by atoms with van der Waals surface area (Å²) in [6, 6.07) is 19.7. The van der Waals surface area contributed by atoms with E-state index < -0.39 is 0 Å². The molecule has 1 amide bonds. The third kappa shape index (κ3) is 3.70. The van der Waals surface area contributed by atoms with Crippen LogP contribution in [0.4, 0.5) is 5.69 Å². The summed E-state index contributed by atoms with van der Waals surface area (Å²) in [4.78, 5) is 26.2. The van der Waals surface area contributed by atoms with Crippen LogP contribution < -0.4 is 10.1 Å². The van der Waals surface area contributed by atoms with Crippen LogP contribution in [0.25, 0.3) is 0 Å². The fourth-order valence-electron chi connectivity index (χ4n) is 2.16. The third-order valence-corrected chi connectivity index (χ3v) is 3.40. The van der Waals surface area contributed by atoms with Gasteiger partial charge in [-0.15, -0.1) is 0 Å². The molecule has 5 nitrogen and oxygen atoms in total. The second-order valence-electron chi connectivity index (χ2n) is 5.24. The zero-order chi connectivity index (χ0) is 16.9. The van der Waals surface area contributed by atoms with E-state index >= 15 is 0 Å². The SMILES string of the molecule is CC(=O)c1ccc(C(=O)Nc2ccc(Oc3ccccc3)cc2)[nH]1. The lowest BCUT2D eigenvalue weighted by Crippen LogP contribution is -2.12. The number of nitrogens with one attached hydrogen (secondary N) is 2. The first-order valence-corrected chi connectivity index (χ1v) is 7.46. The van der Waals surface area contributed by atoms with Crippen molar-refractivity contribution in [3.05, 3.63) is 78.1 Å². The third-order valence-electron chi connectivity index (χ3n) is 3.40. The molecule has 0 aliphatic heterocycles. The van der Waals surface area contributed by atoms with Gasteiger partial charge in [-0.2, -0.15) is 0 Å². The van der Waals surface area contributed by atoms with Gasteiger partial charge in [-0.05, 0) is 48.5 Å². The molecule has 0 saturated carbocycles. The molecule has 0 fully saturated rings. The smallest absolute Gasteiger partial charge is 0.272 e. The van der Waals surface area contributed by atoms with E-state index in [1.807, 2.05) is 30.3 Å². The number of hydrogen-bond acceptors (Lipinski definition) is 3. The molecule has 1 heterocycles. The van der Waals surface area contributed by atoms with Crippen LogP contribution in [0.1, 0.15) is 27.9 Å². The Labute approximate surface area is 139 Å². The summed E-state index contributed by atoms with van der Waals surface area (Å²) in [6.45, 7) is 1.44. The van der Waals surface area contributed by atoms with Gasteiger partial charge in [-0.3, -0.25) is 9.59 Å². The first-order valence-electron chi connectivity index (χ1n) is 7.46. The largest absolute Gasteiger partial charge is 0.457 e. The van der Waals surface area contributed by atoms with Crippen LogP contribution in [0, 0.1) is 0 Å². The number of benzene rings is 2. The van der Waals surface area contributed by atoms with E-state index in [1.165, 1.54) is 6.92 Å². The standard InChI is InChI=1S/C19H16N2O3/c1-13(22)17-11-12-18(21-17)19(23)20-14-7-9-16(10-8-14)24-15-5-3-2-4-6-15/h2-12,21H,1H3,(H,20,23). The van der Waals surface area contributed by atoms with E-state index in [4.69, 9.17) is 4.74 Å². The van der Waals surface area contributed by atoms with Crippen LogP contribution in [0.15, 0.2) is 66.7 Å². The Morgan fingerprint density at radius 1 is 0.833 bits per heavy atom. The second kappa shape index (κ2) is 6.83. The number of amides is 1. The highest BCUT2D eigenvalue weighted by molar-refractivity contribution is 6.04. The van der Waals surface area contributed by atoms with Gasteiger partial charge >= 0.3 is 0 Å². The second-order valence-corrected chi connectivity index (χ2v) is 5.24. The number of Topliss-reactive ketones (excluding diaryl/α,β-unsaturated/α-hetero) is 1. The van der Waals surface area contributed by atoms with Crippen molar-refractivity contribution in [2.75, 3.05) is 5.32 Å². The molecule has 0 aliphatic carbocycles. The van der Waals surface area contributed by atoms with E-state index in [9.17, 15) is 9.59 Å². The molecule has 120 valence electrons. The molecule has 0 spiro atoms. The Hall–Kier alpha value is -3.34. The Morgan fingerprint density at radius 2 is 1.46 bits per heavy atom. The van der Waals surface area contributed by atoms with Crippen molar-refractivity contribution in [3.8, 4) is 11.5 Å². The normalized spacial score (nSPS) is 10.2. The fraction of sp³-hybridized carbons (Fsp3) is 0.0526. The number of carbonyl (C=O) groups is 2. The van der Waals surface area contributed by atoms with Gasteiger partial charge < -0.3 is 15.0 Å². The van der Waals surface area contributed by atoms with Gasteiger partial charge in [0, 0.05) is 12.6 Å². The summed E-state index contributed by atoms with van der Waals surface area (Å²) in [5.41, 5.74) is 1.39. The minimum absolute atomic E-state index is 0.114. The number of aromatic amines is 1. The van der Waals surface area contributed by atoms with Gasteiger partial charge in [0.25, 0.3) is 5.91 Å². The van der Waals surface area contributed by atoms with Crippen LogP contribution >= 0.6 is 0 Å². The number of H-pyrrole nitrogens is 1. The Kier molecular flexibility index (Phi) is 4.43. The molecule has 0 saturated heterocycles. The molecule has 2 N–H and O–H groups in total. The number of anilines is 1. The summed E-state index contributed by atoms with van der Waals surface area (Å²) < 4.78 is 5.70. The van der Waals surface area contributed by atoms with Gasteiger partial charge in [0.1, 0.15) is 17.2 Å². The summed E-state index contributed by atoms with van der Waals surface area (Å²) in [5.74, 6) is 1.01. The Bertz CT molecular complexity index is 852. The number of carbonyl (C=O) groups excluding carboxylic acids is 2. The van der Waals surface area contributed by atoms with Gasteiger partial charge in [0.2, 0.25) is 0 Å². The quantitative estimate of drug-likeness (QED) is 0.690. The van der Waals surface area contributed by atoms with Gasteiger partial charge in [0.05, 0.1) is 5.69 Å². The summed E-state index contributed by atoms with van der Waals surface area (Å²) >= 11 is 0. The molecule has 0 radical (unpaired) electrons. The number of aromatic nitrogens is 1. The first-order chi connectivity index (χ1) is 11.6. The summed E-state index contributed by atoms with van der Waals surface area (Å²) in [6.07, 6.45) is 0. The number of hydrogen-bond donors (Lipinski definition) is 2. The van der Waals surface area contributed by atoms with Crippen LogP contribution in [0.2, 0.25) is 0 Å². The van der Waals surface area contributed by atoms with Crippen molar-refractivity contribution in [1.82, 2.24) is 4.98 Å². The molecule has 0 atom stereocenters. The number of para-hydroxylation sites is 1.